The minimum Gasteiger partial charge on any atom is -0.357 e. The van der Waals surface area contributed by atoms with Crippen LogP contribution in [0.25, 0.3) is 0 Å². The molecule has 1 aromatic heterocycles. The Kier molecular flexibility index (Phi) is 3.07. The van der Waals surface area contributed by atoms with Crippen LogP contribution >= 0.6 is 0 Å². The van der Waals surface area contributed by atoms with Crippen molar-refractivity contribution in [2.24, 2.45) is 0 Å². The molecule has 0 saturated carbocycles. The average molecular weight is 254 g/mol. The molecule has 1 aromatic carbocycles. The maximum atomic E-state index is 4.54. The number of benzene rings is 1. The molecule has 0 atom stereocenters. The lowest BCUT2D eigenvalue weighted by Crippen LogP contribution is -2.25. The van der Waals surface area contributed by atoms with Crippen molar-refractivity contribution in [3.05, 3.63) is 41.6 Å². The van der Waals surface area contributed by atoms with Gasteiger partial charge in [-0.15, -0.1) is 0 Å². The summed E-state index contributed by atoms with van der Waals surface area (Å²) in [7, 11) is 1.84. The summed E-state index contributed by atoms with van der Waals surface area (Å²) in [6.45, 7) is 3.15. The Labute approximate surface area is 113 Å². The van der Waals surface area contributed by atoms with Crippen LogP contribution in [-0.4, -0.2) is 23.6 Å². The number of fused-ring (bicyclic) bond motifs is 1. The molecule has 0 aliphatic carbocycles. The van der Waals surface area contributed by atoms with Crippen molar-refractivity contribution in [1.29, 1.82) is 0 Å². The lowest BCUT2D eigenvalue weighted by Gasteiger charge is -2.30. The van der Waals surface area contributed by atoms with Gasteiger partial charge in [-0.3, -0.25) is 0 Å². The van der Waals surface area contributed by atoms with Crippen LogP contribution in [0.5, 0.6) is 0 Å². The zero-order valence-corrected chi connectivity index (χ0v) is 11.3. The van der Waals surface area contributed by atoms with Crippen LogP contribution in [0.3, 0.4) is 0 Å². The fourth-order valence-corrected chi connectivity index (χ4v) is 2.58. The number of rotatable bonds is 2. The van der Waals surface area contributed by atoms with Crippen molar-refractivity contribution >= 4 is 17.5 Å². The van der Waals surface area contributed by atoms with Crippen LogP contribution in [0.1, 0.15) is 17.5 Å². The summed E-state index contributed by atoms with van der Waals surface area (Å²) in [4.78, 5) is 11.0. The zero-order valence-electron chi connectivity index (χ0n) is 11.3. The molecule has 2 heterocycles. The molecule has 0 unspecified atom stereocenters. The Morgan fingerprint density at radius 3 is 3.00 bits per heavy atom. The molecule has 4 nitrogen and oxygen atoms in total. The van der Waals surface area contributed by atoms with Crippen LogP contribution in [0.4, 0.5) is 17.5 Å². The SMILES string of the molecule is CNc1nccc(N2CCCc3cc(C)ccc32)n1. The highest BCUT2D eigenvalue weighted by molar-refractivity contribution is 5.66. The van der Waals surface area contributed by atoms with E-state index < -0.39 is 0 Å². The second-order valence-electron chi connectivity index (χ2n) is 4.88. The van der Waals surface area contributed by atoms with Crippen LogP contribution in [0.15, 0.2) is 30.5 Å². The molecule has 0 bridgehead atoms. The summed E-state index contributed by atoms with van der Waals surface area (Å²) < 4.78 is 0. The Balaban J connectivity index is 2.03. The van der Waals surface area contributed by atoms with Gasteiger partial charge in [-0.25, -0.2) is 4.98 Å². The zero-order chi connectivity index (χ0) is 13.2. The molecule has 1 aliphatic heterocycles. The molecule has 0 fully saturated rings. The maximum Gasteiger partial charge on any atom is 0.224 e. The van der Waals surface area contributed by atoms with E-state index in [0.717, 1.165) is 25.2 Å². The first kappa shape index (κ1) is 12.0. The van der Waals surface area contributed by atoms with Gasteiger partial charge >= 0.3 is 0 Å². The highest BCUT2D eigenvalue weighted by Gasteiger charge is 2.19. The van der Waals surface area contributed by atoms with Gasteiger partial charge in [0.15, 0.2) is 0 Å². The van der Waals surface area contributed by atoms with E-state index in [1.54, 1.807) is 6.20 Å². The van der Waals surface area contributed by atoms with E-state index in [1.807, 2.05) is 13.1 Å². The minimum absolute atomic E-state index is 0.664. The highest BCUT2D eigenvalue weighted by Crippen LogP contribution is 2.33. The first-order valence-electron chi connectivity index (χ1n) is 6.66. The fourth-order valence-electron chi connectivity index (χ4n) is 2.58. The minimum atomic E-state index is 0.664. The molecule has 2 aromatic rings. The van der Waals surface area contributed by atoms with E-state index in [2.05, 4.69) is 45.3 Å². The number of aromatic nitrogens is 2. The van der Waals surface area contributed by atoms with E-state index in [9.17, 15) is 0 Å². The van der Waals surface area contributed by atoms with Crippen LogP contribution in [0, 0.1) is 6.92 Å². The molecule has 0 saturated heterocycles. The van der Waals surface area contributed by atoms with Crippen LogP contribution < -0.4 is 10.2 Å². The predicted octanol–water partition coefficient (Wildman–Crippen LogP) is 2.91. The summed E-state index contributed by atoms with van der Waals surface area (Å²) in [6, 6.07) is 8.61. The standard InChI is InChI=1S/C15H18N4/c1-11-5-6-13-12(10-11)4-3-9-19(13)14-7-8-17-15(16-2)18-14/h5-8,10H,3-4,9H2,1-2H3,(H,16,17,18). The topological polar surface area (TPSA) is 41.1 Å². The second kappa shape index (κ2) is 4.88. The molecule has 3 rings (SSSR count). The quantitative estimate of drug-likeness (QED) is 0.894. The second-order valence-corrected chi connectivity index (χ2v) is 4.88. The monoisotopic (exact) mass is 254 g/mol. The summed E-state index contributed by atoms with van der Waals surface area (Å²) in [5.74, 6) is 1.63. The van der Waals surface area contributed by atoms with Gasteiger partial charge in [0, 0.05) is 25.5 Å². The molecule has 19 heavy (non-hydrogen) atoms. The Morgan fingerprint density at radius 1 is 1.26 bits per heavy atom. The smallest absolute Gasteiger partial charge is 0.224 e. The van der Waals surface area contributed by atoms with Gasteiger partial charge in [0.1, 0.15) is 5.82 Å². The molecule has 0 spiro atoms. The average Bonchev–Trinajstić information content (AvgIpc) is 2.46. The van der Waals surface area contributed by atoms with Gasteiger partial charge in [-0.05, 0) is 37.5 Å². The number of nitrogens with zero attached hydrogens (tertiary/aromatic N) is 3. The van der Waals surface area contributed by atoms with Gasteiger partial charge in [0.2, 0.25) is 5.95 Å². The van der Waals surface area contributed by atoms with E-state index in [-0.39, 0.29) is 0 Å². The molecule has 4 heteroatoms. The summed E-state index contributed by atoms with van der Waals surface area (Å²) >= 11 is 0. The maximum absolute atomic E-state index is 4.54. The first-order valence-corrected chi connectivity index (χ1v) is 6.66. The highest BCUT2D eigenvalue weighted by atomic mass is 15.2. The fraction of sp³-hybridized carbons (Fsp3) is 0.333. The predicted molar refractivity (Wildman–Crippen MR) is 78.1 cm³/mol. The third-order valence-corrected chi connectivity index (χ3v) is 3.49. The molecule has 0 radical (unpaired) electrons. The van der Waals surface area contributed by atoms with E-state index in [0.29, 0.717) is 5.95 Å². The van der Waals surface area contributed by atoms with Gasteiger partial charge < -0.3 is 10.2 Å². The van der Waals surface area contributed by atoms with Gasteiger partial charge in [0.25, 0.3) is 0 Å². The third-order valence-electron chi connectivity index (χ3n) is 3.49. The number of hydrogen-bond acceptors (Lipinski definition) is 4. The molecule has 1 N–H and O–H groups in total. The van der Waals surface area contributed by atoms with Gasteiger partial charge in [-0.1, -0.05) is 17.7 Å². The Hall–Kier alpha value is -2.10. The number of aryl methyl sites for hydroxylation is 2. The molecular weight excluding hydrogens is 236 g/mol. The largest absolute Gasteiger partial charge is 0.357 e. The molecule has 1 aliphatic rings. The third kappa shape index (κ3) is 2.26. The Bertz CT molecular complexity index is 594. The van der Waals surface area contributed by atoms with Crippen LogP contribution in [-0.2, 0) is 6.42 Å². The number of nitrogens with one attached hydrogen (secondary N) is 1. The summed E-state index contributed by atoms with van der Waals surface area (Å²) in [5.41, 5.74) is 4.01. The van der Waals surface area contributed by atoms with Crippen molar-refractivity contribution in [2.45, 2.75) is 19.8 Å². The van der Waals surface area contributed by atoms with Crippen molar-refractivity contribution < 1.29 is 0 Å². The van der Waals surface area contributed by atoms with Gasteiger partial charge in [0.05, 0.1) is 0 Å². The first-order chi connectivity index (χ1) is 9.28. The normalized spacial score (nSPS) is 14.1. The van der Waals surface area contributed by atoms with Crippen molar-refractivity contribution in [1.82, 2.24) is 9.97 Å². The lowest BCUT2D eigenvalue weighted by atomic mass is 9.99. The number of hydrogen-bond donors (Lipinski definition) is 1. The van der Waals surface area contributed by atoms with Gasteiger partial charge in [-0.2, -0.15) is 4.98 Å². The molecular formula is C15H18N4. The van der Waals surface area contributed by atoms with Crippen molar-refractivity contribution in [3.8, 4) is 0 Å². The van der Waals surface area contributed by atoms with E-state index in [1.165, 1.54) is 16.8 Å². The number of anilines is 3. The van der Waals surface area contributed by atoms with Crippen molar-refractivity contribution in [2.75, 3.05) is 23.8 Å². The van der Waals surface area contributed by atoms with Crippen LogP contribution in [0.2, 0.25) is 0 Å². The van der Waals surface area contributed by atoms with E-state index >= 15 is 0 Å². The lowest BCUT2D eigenvalue weighted by molar-refractivity contribution is 0.758. The molecule has 98 valence electrons. The Morgan fingerprint density at radius 2 is 2.16 bits per heavy atom. The summed E-state index contributed by atoms with van der Waals surface area (Å²) in [5, 5.41) is 2.99. The van der Waals surface area contributed by atoms with E-state index in [4.69, 9.17) is 0 Å². The summed E-state index contributed by atoms with van der Waals surface area (Å²) in [6.07, 6.45) is 4.11. The molecule has 0 amide bonds. The van der Waals surface area contributed by atoms with Crippen molar-refractivity contribution in [3.63, 3.8) is 0 Å².